The van der Waals surface area contributed by atoms with E-state index in [0.717, 1.165) is 12.8 Å². The minimum absolute atomic E-state index is 0.0310. The van der Waals surface area contributed by atoms with E-state index in [2.05, 4.69) is 20.7 Å². The lowest BCUT2D eigenvalue weighted by molar-refractivity contribution is 0.245. The lowest BCUT2D eigenvalue weighted by Crippen LogP contribution is -2.31. The van der Waals surface area contributed by atoms with E-state index >= 15 is 0 Å². The van der Waals surface area contributed by atoms with Crippen molar-refractivity contribution < 1.29 is 17.9 Å². The van der Waals surface area contributed by atoms with Gasteiger partial charge in [-0.25, -0.2) is 13.1 Å². The van der Waals surface area contributed by atoms with Gasteiger partial charge >= 0.3 is 0 Å². The Labute approximate surface area is 119 Å². The molecular weight excluding hydrogens is 342 g/mol. The van der Waals surface area contributed by atoms with Crippen LogP contribution in [0.15, 0.2) is 20.0 Å². The molecule has 2 rings (SSSR count). The van der Waals surface area contributed by atoms with Gasteiger partial charge in [0.1, 0.15) is 17.3 Å². The Balaban J connectivity index is 2.12. The molecule has 1 saturated carbocycles. The molecule has 0 radical (unpaired) electrons. The van der Waals surface area contributed by atoms with E-state index in [-0.39, 0.29) is 26.7 Å². The summed E-state index contributed by atoms with van der Waals surface area (Å²) in [7, 11) is -3.60. The molecule has 5 nitrogen and oxygen atoms in total. The minimum atomic E-state index is -3.60. The maximum Gasteiger partial charge on any atom is 0.245 e. The molecule has 1 fully saturated rings. The lowest BCUT2D eigenvalue weighted by atomic mass is 10.4. The van der Waals surface area contributed by atoms with Gasteiger partial charge in [0.25, 0.3) is 0 Å². The second kappa shape index (κ2) is 5.16. The van der Waals surface area contributed by atoms with Crippen LogP contribution in [0.1, 0.15) is 18.6 Å². The van der Waals surface area contributed by atoms with Crippen molar-refractivity contribution in [2.45, 2.75) is 29.1 Å². The van der Waals surface area contributed by atoms with Crippen LogP contribution in [-0.4, -0.2) is 31.1 Å². The lowest BCUT2D eigenvalue weighted by Gasteiger charge is -2.12. The molecule has 0 amide bonds. The highest BCUT2D eigenvalue weighted by Crippen LogP contribution is 2.46. The van der Waals surface area contributed by atoms with Gasteiger partial charge in [-0.3, -0.25) is 0 Å². The van der Waals surface area contributed by atoms with Crippen molar-refractivity contribution in [1.82, 2.24) is 4.72 Å². The quantitative estimate of drug-likeness (QED) is 0.811. The van der Waals surface area contributed by atoms with Gasteiger partial charge in [-0.1, -0.05) is 0 Å². The van der Waals surface area contributed by atoms with E-state index in [1.807, 2.05) is 6.26 Å². The fourth-order valence-electron chi connectivity index (χ4n) is 1.56. The van der Waals surface area contributed by atoms with Crippen LogP contribution in [-0.2, 0) is 16.6 Å². The first kappa shape index (κ1) is 14.4. The van der Waals surface area contributed by atoms with E-state index in [4.69, 9.17) is 9.52 Å². The normalized spacial score (nSPS) is 17.9. The van der Waals surface area contributed by atoms with Gasteiger partial charge in [-0.2, -0.15) is 11.8 Å². The summed E-state index contributed by atoms with van der Waals surface area (Å²) in [4.78, 5) is 0.0310. The van der Waals surface area contributed by atoms with Gasteiger partial charge in [0.2, 0.25) is 10.0 Å². The van der Waals surface area contributed by atoms with E-state index in [0.29, 0.717) is 6.54 Å². The molecule has 1 aromatic heterocycles. The van der Waals surface area contributed by atoms with E-state index in [9.17, 15) is 8.42 Å². The van der Waals surface area contributed by atoms with Crippen LogP contribution < -0.4 is 4.72 Å². The molecule has 0 saturated heterocycles. The molecule has 8 heteroatoms. The summed E-state index contributed by atoms with van der Waals surface area (Å²) in [6.07, 6.45) is 4.05. The van der Waals surface area contributed by atoms with E-state index < -0.39 is 10.0 Å². The van der Waals surface area contributed by atoms with Crippen molar-refractivity contribution in [3.63, 3.8) is 0 Å². The fourth-order valence-corrected chi connectivity index (χ4v) is 4.50. The predicted octanol–water partition coefficient (Wildman–Crippen LogP) is 1.71. The highest BCUT2D eigenvalue weighted by molar-refractivity contribution is 9.10. The molecule has 2 N–H and O–H groups in total. The zero-order valence-electron chi connectivity index (χ0n) is 9.77. The molecule has 1 heterocycles. The topological polar surface area (TPSA) is 79.5 Å². The summed E-state index contributed by atoms with van der Waals surface area (Å²) < 4.78 is 32.0. The van der Waals surface area contributed by atoms with Crippen LogP contribution in [0.3, 0.4) is 0 Å². The molecule has 0 aliphatic heterocycles. The van der Waals surface area contributed by atoms with Gasteiger partial charge in [0.05, 0.1) is 0 Å². The molecule has 0 unspecified atom stereocenters. The van der Waals surface area contributed by atoms with Gasteiger partial charge in [0.15, 0.2) is 4.67 Å². The van der Waals surface area contributed by atoms with Crippen molar-refractivity contribution in [3.05, 3.63) is 16.5 Å². The standard InChI is InChI=1S/C10H14BrNO4S2/c1-17-10(2-3-10)6-12-18(14,15)8-4-7(5-13)16-9(8)11/h4,12-13H,2-3,5-6H2,1H3. The van der Waals surface area contributed by atoms with Gasteiger partial charge in [-0.15, -0.1) is 0 Å². The van der Waals surface area contributed by atoms with Gasteiger partial charge in [0, 0.05) is 17.4 Å². The Kier molecular flexibility index (Phi) is 4.13. The zero-order chi connectivity index (χ0) is 13.4. The average molecular weight is 356 g/mol. The summed E-state index contributed by atoms with van der Waals surface area (Å²) in [5.41, 5.74) is 0. The van der Waals surface area contributed by atoms with Crippen molar-refractivity contribution in [1.29, 1.82) is 0 Å². The highest BCUT2D eigenvalue weighted by Gasteiger charge is 2.42. The van der Waals surface area contributed by atoms with Gasteiger partial charge < -0.3 is 9.52 Å². The summed E-state index contributed by atoms with van der Waals surface area (Å²) >= 11 is 4.73. The maximum absolute atomic E-state index is 12.1. The largest absolute Gasteiger partial charge is 0.450 e. The summed E-state index contributed by atoms with van der Waals surface area (Å²) in [6, 6.07) is 1.32. The number of furan rings is 1. The first-order chi connectivity index (χ1) is 8.42. The fraction of sp³-hybridized carbons (Fsp3) is 0.600. The summed E-state index contributed by atoms with van der Waals surface area (Å²) in [5.74, 6) is 0.216. The van der Waals surface area contributed by atoms with Crippen molar-refractivity contribution in [2.75, 3.05) is 12.8 Å². The first-order valence-electron chi connectivity index (χ1n) is 5.36. The molecule has 0 atom stereocenters. The summed E-state index contributed by atoms with van der Waals surface area (Å²) in [5, 5.41) is 8.92. The van der Waals surface area contributed by atoms with Crippen molar-refractivity contribution >= 4 is 37.7 Å². The van der Waals surface area contributed by atoms with E-state index in [1.54, 1.807) is 11.8 Å². The number of thioether (sulfide) groups is 1. The number of sulfonamides is 1. The first-order valence-corrected chi connectivity index (χ1v) is 8.86. The second-order valence-electron chi connectivity index (χ2n) is 4.22. The molecule has 1 aliphatic carbocycles. The molecule has 0 bridgehead atoms. The maximum atomic E-state index is 12.1. The molecule has 102 valence electrons. The Morgan fingerprint density at radius 3 is 2.72 bits per heavy atom. The third-order valence-electron chi connectivity index (χ3n) is 2.98. The smallest absolute Gasteiger partial charge is 0.245 e. The van der Waals surface area contributed by atoms with Crippen LogP contribution in [0.2, 0.25) is 0 Å². The SMILES string of the molecule is CSC1(CNS(=O)(=O)c2cc(CO)oc2Br)CC1. The Hall–Kier alpha value is -0.0200. The Morgan fingerprint density at radius 1 is 1.61 bits per heavy atom. The average Bonchev–Trinajstić information content (AvgIpc) is 3.03. The number of nitrogens with one attached hydrogen (secondary N) is 1. The number of hydrogen-bond acceptors (Lipinski definition) is 5. The number of halogens is 1. The molecule has 18 heavy (non-hydrogen) atoms. The van der Waals surface area contributed by atoms with Crippen LogP contribution in [0, 0.1) is 0 Å². The summed E-state index contributed by atoms with van der Waals surface area (Å²) in [6.45, 7) is 0.0887. The third kappa shape index (κ3) is 2.93. The number of rotatable bonds is 6. The van der Waals surface area contributed by atoms with E-state index in [1.165, 1.54) is 6.07 Å². The van der Waals surface area contributed by atoms with Crippen LogP contribution in [0.25, 0.3) is 0 Å². The van der Waals surface area contributed by atoms with Crippen LogP contribution in [0.5, 0.6) is 0 Å². The van der Waals surface area contributed by atoms with Crippen LogP contribution in [0.4, 0.5) is 0 Å². The predicted molar refractivity (Wildman–Crippen MR) is 73.0 cm³/mol. The highest BCUT2D eigenvalue weighted by atomic mass is 79.9. The second-order valence-corrected chi connectivity index (χ2v) is 7.95. The third-order valence-corrected chi connectivity index (χ3v) is 6.65. The molecule has 1 aliphatic rings. The molecule has 0 spiro atoms. The van der Waals surface area contributed by atoms with Crippen molar-refractivity contribution in [2.24, 2.45) is 0 Å². The molecule has 0 aromatic carbocycles. The number of hydrogen-bond donors (Lipinski definition) is 2. The van der Waals surface area contributed by atoms with Gasteiger partial charge in [-0.05, 0) is 35.0 Å². The molecular formula is C10H14BrNO4S2. The Morgan fingerprint density at radius 2 is 2.28 bits per heavy atom. The molecule has 1 aromatic rings. The van der Waals surface area contributed by atoms with Crippen molar-refractivity contribution in [3.8, 4) is 0 Å². The zero-order valence-corrected chi connectivity index (χ0v) is 13.0. The van der Waals surface area contributed by atoms with Crippen LogP contribution >= 0.6 is 27.7 Å². The number of aliphatic hydroxyl groups is 1. The number of aliphatic hydroxyl groups excluding tert-OH is 1. The Bertz CT molecular complexity index is 536. The minimum Gasteiger partial charge on any atom is -0.450 e. The monoisotopic (exact) mass is 355 g/mol.